The van der Waals surface area contributed by atoms with E-state index in [1.807, 2.05) is 72.3 Å². The second kappa shape index (κ2) is 29.7. The average Bonchev–Trinajstić information content (AvgIpc) is 1.62. The molecule has 7 amide bonds. The van der Waals surface area contributed by atoms with Gasteiger partial charge in [-0.25, -0.2) is 24.4 Å². The molecule has 3 aromatic heterocycles. The number of amides is 7. The molecule has 0 saturated heterocycles. The number of nitrogens with one attached hydrogen (secondary N) is 3. The van der Waals surface area contributed by atoms with E-state index in [4.69, 9.17) is 33.8 Å². The van der Waals surface area contributed by atoms with Gasteiger partial charge in [-0.15, -0.1) is 0 Å². The van der Waals surface area contributed by atoms with Crippen molar-refractivity contribution in [2.24, 2.45) is 16.2 Å². The fraction of sp³-hybridized carbons (Fsp3) is 0.507. The van der Waals surface area contributed by atoms with Gasteiger partial charge in [-0.2, -0.15) is 13.5 Å². The number of pyridine rings is 1. The molecule has 4 fully saturated rings. The molecule has 0 radical (unpaired) electrons. The lowest BCUT2D eigenvalue weighted by Gasteiger charge is -2.69. The number of benzene rings is 2. The molecule has 4 bridgehead atoms. The molecular formula is C69H84N10O16S2. The van der Waals surface area contributed by atoms with Gasteiger partial charge in [-0.05, 0) is 123 Å². The van der Waals surface area contributed by atoms with Gasteiger partial charge in [0.2, 0.25) is 11.8 Å². The molecule has 7 aliphatic rings. The monoisotopic (exact) mass is 1370 g/mol. The van der Waals surface area contributed by atoms with E-state index in [0.29, 0.717) is 77.6 Å². The molecule has 3 atom stereocenters. The molecule has 2 aromatic carbocycles. The molecule has 5 aromatic rings. The zero-order valence-corrected chi connectivity index (χ0v) is 56.7. The molecule has 2 unspecified atom stereocenters. The summed E-state index contributed by atoms with van der Waals surface area (Å²) in [5.74, 6) is -3.86. The number of imide groups is 1. The lowest BCUT2D eigenvalue weighted by atomic mass is 9.39. The van der Waals surface area contributed by atoms with Gasteiger partial charge in [0.1, 0.15) is 30.8 Å². The zero-order valence-electron chi connectivity index (χ0n) is 55.1. The number of nitrogens with zero attached hydrogens (tertiary/aromatic N) is 7. The number of carbonyl (C=O) groups is 7. The Morgan fingerprint density at radius 3 is 2.38 bits per heavy atom. The van der Waals surface area contributed by atoms with E-state index in [1.165, 1.54) is 23.5 Å². The van der Waals surface area contributed by atoms with Crippen LogP contribution in [-0.2, 0) is 65.9 Å². The molecule has 2 aliphatic heterocycles. The number of anilines is 2. The number of ether oxygens (including phenoxy) is 5. The summed E-state index contributed by atoms with van der Waals surface area (Å²) in [5, 5.41) is 24.1. The first-order valence-corrected chi connectivity index (χ1v) is 35.4. The Morgan fingerprint density at radius 2 is 1.63 bits per heavy atom. The number of rotatable bonds is 32. The van der Waals surface area contributed by atoms with Gasteiger partial charge in [0.15, 0.2) is 10.8 Å². The number of para-hydroxylation sites is 1. The van der Waals surface area contributed by atoms with E-state index in [9.17, 15) is 51.6 Å². The summed E-state index contributed by atoms with van der Waals surface area (Å²) in [6, 6.07) is 15.3. The van der Waals surface area contributed by atoms with E-state index in [-0.39, 0.29) is 100 Å². The maximum absolute atomic E-state index is 13.8. The fourth-order valence-corrected chi connectivity index (χ4v) is 17.5. The van der Waals surface area contributed by atoms with Crippen molar-refractivity contribution in [1.29, 1.82) is 0 Å². The average molecular weight is 1370 g/mol. The van der Waals surface area contributed by atoms with Crippen LogP contribution in [0.5, 0.6) is 0 Å². The van der Waals surface area contributed by atoms with Gasteiger partial charge >= 0.3 is 18.1 Å². The number of carboxylic acid groups (broad SMARTS) is 1. The third-order valence-corrected chi connectivity index (χ3v) is 20.8. The number of carboxylic acids is 1. The van der Waals surface area contributed by atoms with Crippen molar-refractivity contribution in [2.75, 3.05) is 95.4 Å². The van der Waals surface area contributed by atoms with Crippen LogP contribution in [0.25, 0.3) is 32.6 Å². The summed E-state index contributed by atoms with van der Waals surface area (Å²) in [7, 11) is -3.08. The maximum Gasteiger partial charge on any atom is 0.410 e. The number of aryl methyl sites for hydroxylation is 1. The molecule has 5 aliphatic carbocycles. The number of methoxy groups -OCH3 is 1. The summed E-state index contributed by atoms with van der Waals surface area (Å²) in [4.78, 5) is 104. The van der Waals surface area contributed by atoms with Crippen LogP contribution in [0.3, 0.4) is 0 Å². The number of unbranched alkanes of at least 4 members (excludes halogenated alkanes) is 2. The third kappa shape index (κ3) is 16.9. The van der Waals surface area contributed by atoms with Crippen LogP contribution in [0.2, 0.25) is 0 Å². The van der Waals surface area contributed by atoms with Crippen molar-refractivity contribution in [2.45, 2.75) is 122 Å². The second-order valence-corrected chi connectivity index (χ2v) is 29.6. The van der Waals surface area contributed by atoms with E-state index in [1.54, 1.807) is 29.2 Å². The summed E-state index contributed by atoms with van der Waals surface area (Å²) >= 11 is 1.41. The first-order valence-electron chi connectivity index (χ1n) is 32.9. The molecule has 28 heteroatoms. The maximum atomic E-state index is 13.8. The van der Waals surface area contributed by atoms with Crippen molar-refractivity contribution in [1.82, 2.24) is 40.2 Å². The highest BCUT2D eigenvalue weighted by molar-refractivity contribution is 7.85. The molecule has 5 N–H and O–H groups in total. The number of fused-ring (bicyclic) bond motifs is 2. The first kappa shape index (κ1) is 69.9. The van der Waals surface area contributed by atoms with Gasteiger partial charge in [-0.1, -0.05) is 68.0 Å². The third-order valence-electron chi connectivity index (χ3n) is 19.1. The van der Waals surface area contributed by atoms with Crippen molar-refractivity contribution < 1.29 is 75.3 Å². The van der Waals surface area contributed by atoms with Crippen LogP contribution in [0.4, 0.5) is 20.4 Å². The number of hydrogen-bond donors (Lipinski definition) is 5. The number of thiazole rings is 1. The Kier molecular flexibility index (Phi) is 21.4. The van der Waals surface area contributed by atoms with Crippen LogP contribution in [0, 0.1) is 23.2 Å². The van der Waals surface area contributed by atoms with E-state index in [2.05, 4.69) is 34.8 Å². The largest absolute Gasteiger partial charge is 0.495 e. The Hall–Kier alpha value is -8.41. The molecule has 0 spiro atoms. The molecule has 518 valence electrons. The molecule has 4 saturated carbocycles. The first-order chi connectivity index (χ1) is 46.4. The van der Waals surface area contributed by atoms with Gasteiger partial charge in [-0.3, -0.25) is 43.5 Å². The summed E-state index contributed by atoms with van der Waals surface area (Å²) in [6.07, 6.45) is 16.2. The topological polar surface area (TPSA) is 330 Å². The Labute approximate surface area is 566 Å². The highest BCUT2D eigenvalue weighted by Gasteiger charge is 2.66. The minimum atomic E-state index is -4.65. The predicted octanol–water partition coefficient (Wildman–Crippen LogP) is 8.66. The van der Waals surface area contributed by atoms with Crippen molar-refractivity contribution in [3.05, 3.63) is 113 Å². The number of urea groups is 1. The summed E-state index contributed by atoms with van der Waals surface area (Å²) < 4.78 is 65.9. The zero-order chi connectivity index (χ0) is 68.7. The Bertz CT molecular complexity index is 3980. The Balaban J connectivity index is 0.654. The van der Waals surface area contributed by atoms with Crippen molar-refractivity contribution in [3.8, 4) is 22.4 Å². The van der Waals surface area contributed by atoms with Gasteiger partial charge in [0.05, 0.1) is 54.1 Å². The molecule has 5 heterocycles. The minimum absolute atomic E-state index is 0.00821. The number of aromatic carboxylic acids is 1. The van der Waals surface area contributed by atoms with Crippen LogP contribution in [0.15, 0.2) is 96.4 Å². The predicted molar refractivity (Wildman–Crippen MR) is 360 cm³/mol. The smallest absolute Gasteiger partial charge is 0.410 e. The SMILES string of the molecule is COCCN(CCOC12CC3(C)CC(C)(CC(Cn4ncc(-c5ccc(-c6ccc7c(c6)N(C(=O)Nc6nc8ccccc8s6)CCC7)nc5C(=O)O)c4C)(C3)C1)C2)C(=O)OCC1=C(OCCOCCNC(=O)[C@H](CS(=O)(=O)O)NC(=O)CCCCCN2C(=O)C=CC2=O)CC=C1. The molecular weight excluding hydrogens is 1290 g/mol. The van der Waals surface area contributed by atoms with Gasteiger partial charge in [0.25, 0.3) is 21.9 Å². The van der Waals surface area contributed by atoms with E-state index < -0.39 is 63.2 Å². The molecule has 26 nitrogen and oxygen atoms in total. The normalized spacial score (nSPS) is 21.9. The molecule has 97 heavy (non-hydrogen) atoms. The van der Waals surface area contributed by atoms with Gasteiger partial charge in [0, 0.05) is 105 Å². The van der Waals surface area contributed by atoms with Crippen LogP contribution in [-0.4, -0.2) is 186 Å². The minimum Gasteiger partial charge on any atom is -0.495 e. The second-order valence-electron chi connectivity index (χ2n) is 27.1. The van der Waals surface area contributed by atoms with Crippen LogP contribution >= 0.6 is 11.3 Å². The number of allylic oxidation sites excluding steroid dienone is 1. The lowest BCUT2D eigenvalue weighted by molar-refractivity contribution is -0.248. The van der Waals surface area contributed by atoms with Crippen LogP contribution in [0.1, 0.15) is 113 Å². The van der Waals surface area contributed by atoms with E-state index in [0.717, 1.165) is 83.4 Å². The number of carbonyl (C=O) groups excluding carboxylic acids is 6. The van der Waals surface area contributed by atoms with Crippen LogP contribution < -0.4 is 20.9 Å². The Morgan fingerprint density at radius 1 is 0.856 bits per heavy atom. The quantitative estimate of drug-likeness (QED) is 0.0153. The van der Waals surface area contributed by atoms with Crippen molar-refractivity contribution in [3.63, 3.8) is 0 Å². The summed E-state index contributed by atoms with van der Waals surface area (Å²) in [6.45, 7) is 9.28. The highest BCUT2D eigenvalue weighted by Crippen LogP contribution is 2.72. The summed E-state index contributed by atoms with van der Waals surface area (Å²) in [5.41, 5.74) is 5.62. The molecule has 12 rings (SSSR count). The standard InChI is InChI=1S/C69H84N10O16S2/c1-45-50(49-20-21-51(73-60(49)62(84)85)47-19-18-46-13-11-26-77(54(46)34-47)64(86)75-63-74-52-14-7-8-16-56(52)96-63)35-71-79(45)44-68-39-66(2)38-67(3,40-68)42-69(41-66,43-68)95-31-28-76(27-30-91-4)65(87)94-36-48-12-10-15-55(48)93-33-32-92-29-24-70-61(83)53(37-97(88,89)90)72-57(80)17-6-5-9-25-78-58(81)22-23-59(78)82/h7-8,10,12,14,16,18-23,34-35,53H,5-6,9,11,13,15,17,24-33,36-44H2,1-4H3,(H,70,83)(H,72,80)(H,84,85)(H,74,75,86)(H,88,89,90)/t53-,66?,67?,68?,69?/m0/s1. The highest BCUT2D eigenvalue weighted by atomic mass is 32.2. The number of hydrogen-bond acceptors (Lipinski definition) is 18. The van der Waals surface area contributed by atoms with Crippen molar-refractivity contribution >= 4 is 84.2 Å². The lowest BCUT2D eigenvalue weighted by Crippen LogP contribution is -2.64. The fourth-order valence-electron chi connectivity index (χ4n) is 16.0. The van der Waals surface area contributed by atoms with Gasteiger partial charge < -0.3 is 44.3 Å². The number of aromatic nitrogens is 4. The van der Waals surface area contributed by atoms with E-state index >= 15 is 0 Å².